The maximum absolute atomic E-state index is 13.2. The molecule has 3 aromatic rings. The first-order chi connectivity index (χ1) is 16.9. The van der Waals surface area contributed by atoms with E-state index in [9.17, 15) is 9.59 Å². The zero-order chi connectivity index (χ0) is 25.4. The van der Waals surface area contributed by atoms with E-state index in [1.54, 1.807) is 49.6 Å². The molecule has 0 aliphatic heterocycles. The third-order valence-corrected chi connectivity index (χ3v) is 5.16. The van der Waals surface area contributed by atoms with Crippen molar-refractivity contribution in [3.8, 4) is 23.0 Å². The van der Waals surface area contributed by atoms with Crippen LogP contribution in [0.4, 0.5) is 5.69 Å². The van der Waals surface area contributed by atoms with Crippen LogP contribution in [-0.2, 0) is 4.79 Å². The summed E-state index contributed by atoms with van der Waals surface area (Å²) < 4.78 is 21.2. The molecule has 3 aromatic carbocycles. The lowest BCUT2D eigenvalue weighted by Crippen LogP contribution is -2.30. The number of ether oxygens (including phenoxy) is 4. The van der Waals surface area contributed by atoms with Crippen LogP contribution in [0.3, 0.4) is 0 Å². The molecule has 0 saturated heterocycles. The van der Waals surface area contributed by atoms with Gasteiger partial charge in [-0.25, -0.2) is 0 Å². The minimum absolute atomic E-state index is 0.0505. The first-order valence-electron chi connectivity index (χ1n) is 10.7. The monoisotopic (exact) mass is 476 g/mol. The Morgan fingerprint density at radius 2 is 1.37 bits per heavy atom. The largest absolute Gasteiger partial charge is 0.497 e. The van der Waals surface area contributed by atoms with Gasteiger partial charge in [-0.05, 0) is 55.0 Å². The molecule has 0 heterocycles. The smallest absolute Gasteiger partial charge is 0.272 e. The fourth-order valence-electron chi connectivity index (χ4n) is 3.27. The Morgan fingerprint density at radius 1 is 0.771 bits per heavy atom. The predicted molar refractivity (Wildman–Crippen MR) is 134 cm³/mol. The SMILES string of the molecule is COc1ccc(C=C(NC(=O)c2cc(OC)c(OC)c(OC)c2)C(=O)Nc2ccc(C)cc2)cc1. The summed E-state index contributed by atoms with van der Waals surface area (Å²) in [6, 6.07) is 17.5. The molecule has 0 saturated carbocycles. The van der Waals surface area contributed by atoms with E-state index in [1.807, 2.05) is 19.1 Å². The highest BCUT2D eigenvalue weighted by atomic mass is 16.5. The van der Waals surface area contributed by atoms with Crippen molar-refractivity contribution < 1.29 is 28.5 Å². The minimum atomic E-state index is -0.525. The molecular formula is C27H28N2O6. The molecule has 182 valence electrons. The van der Waals surface area contributed by atoms with Crippen molar-refractivity contribution in [2.45, 2.75) is 6.92 Å². The number of carbonyl (C=O) groups is 2. The Hall–Kier alpha value is -4.46. The molecule has 0 bridgehead atoms. The van der Waals surface area contributed by atoms with E-state index < -0.39 is 11.8 Å². The van der Waals surface area contributed by atoms with Crippen molar-refractivity contribution in [2.24, 2.45) is 0 Å². The molecule has 8 heteroatoms. The fourth-order valence-corrected chi connectivity index (χ4v) is 3.27. The fraction of sp³-hybridized carbons (Fsp3) is 0.185. The number of benzene rings is 3. The zero-order valence-corrected chi connectivity index (χ0v) is 20.3. The van der Waals surface area contributed by atoms with Crippen LogP contribution >= 0.6 is 0 Å². The van der Waals surface area contributed by atoms with Crippen LogP contribution in [-0.4, -0.2) is 40.3 Å². The maximum atomic E-state index is 13.2. The number of hydrogen-bond acceptors (Lipinski definition) is 6. The summed E-state index contributed by atoms with van der Waals surface area (Å²) in [6.07, 6.45) is 1.58. The lowest BCUT2D eigenvalue weighted by Gasteiger charge is -2.15. The highest BCUT2D eigenvalue weighted by molar-refractivity contribution is 6.10. The van der Waals surface area contributed by atoms with Gasteiger partial charge in [-0.3, -0.25) is 9.59 Å². The number of methoxy groups -OCH3 is 4. The molecular weight excluding hydrogens is 448 g/mol. The summed E-state index contributed by atoms with van der Waals surface area (Å²) in [5.41, 5.74) is 2.64. The van der Waals surface area contributed by atoms with Crippen molar-refractivity contribution in [3.63, 3.8) is 0 Å². The van der Waals surface area contributed by atoms with Gasteiger partial charge in [-0.1, -0.05) is 29.8 Å². The Morgan fingerprint density at radius 3 is 1.89 bits per heavy atom. The summed E-state index contributed by atoms with van der Waals surface area (Å²) in [7, 11) is 5.97. The lowest BCUT2D eigenvalue weighted by atomic mass is 10.1. The molecule has 0 aliphatic rings. The third kappa shape index (κ3) is 6.32. The van der Waals surface area contributed by atoms with Gasteiger partial charge < -0.3 is 29.6 Å². The van der Waals surface area contributed by atoms with Gasteiger partial charge in [0.2, 0.25) is 5.75 Å². The van der Waals surface area contributed by atoms with Gasteiger partial charge >= 0.3 is 0 Å². The van der Waals surface area contributed by atoms with Crippen LogP contribution < -0.4 is 29.6 Å². The first kappa shape index (κ1) is 25.2. The average molecular weight is 477 g/mol. The number of nitrogens with one attached hydrogen (secondary N) is 2. The van der Waals surface area contributed by atoms with E-state index in [4.69, 9.17) is 18.9 Å². The van der Waals surface area contributed by atoms with Gasteiger partial charge in [-0.15, -0.1) is 0 Å². The quantitative estimate of drug-likeness (QED) is 0.444. The molecule has 3 rings (SSSR count). The molecule has 8 nitrogen and oxygen atoms in total. The van der Waals surface area contributed by atoms with Gasteiger partial charge in [0.1, 0.15) is 11.4 Å². The van der Waals surface area contributed by atoms with Crippen LogP contribution in [0, 0.1) is 6.92 Å². The summed E-state index contributed by atoms with van der Waals surface area (Å²) in [4.78, 5) is 26.3. The molecule has 0 atom stereocenters. The first-order valence-corrected chi connectivity index (χ1v) is 10.7. The van der Waals surface area contributed by atoms with Crippen LogP contribution in [0.5, 0.6) is 23.0 Å². The molecule has 0 radical (unpaired) electrons. The predicted octanol–water partition coefficient (Wildman–Crippen LogP) is 4.44. The second-order valence-corrected chi connectivity index (χ2v) is 7.52. The summed E-state index contributed by atoms with van der Waals surface area (Å²) >= 11 is 0. The average Bonchev–Trinajstić information content (AvgIpc) is 2.88. The minimum Gasteiger partial charge on any atom is -0.497 e. The summed E-state index contributed by atoms with van der Waals surface area (Å²) in [5, 5.41) is 5.53. The van der Waals surface area contributed by atoms with Crippen LogP contribution in [0.15, 0.2) is 66.4 Å². The van der Waals surface area contributed by atoms with Gasteiger partial charge in [0.15, 0.2) is 11.5 Å². The third-order valence-electron chi connectivity index (χ3n) is 5.16. The molecule has 2 amide bonds. The molecule has 0 fully saturated rings. The number of rotatable bonds is 9. The van der Waals surface area contributed by atoms with E-state index in [1.165, 1.54) is 33.5 Å². The van der Waals surface area contributed by atoms with Crippen LogP contribution in [0.1, 0.15) is 21.5 Å². The standard InChI is InChI=1S/C27H28N2O6/c1-17-6-10-20(11-7-17)28-27(31)22(14-18-8-12-21(32-2)13-9-18)29-26(30)19-15-23(33-3)25(35-5)24(16-19)34-4/h6-16H,1-5H3,(H,28,31)(H,29,30). The Bertz CT molecular complexity index is 1190. The Balaban J connectivity index is 1.95. The number of aryl methyl sites for hydroxylation is 1. The van der Waals surface area contributed by atoms with Gasteiger partial charge in [0, 0.05) is 11.3 Å². The Labute approximate surface area is 204 Å². The topological polar surface area (TPSA) is 95.1 Å². The number of hydrogen-bond donors (Lipinski definition) is 2. The maximum Gasteiger partial charge on any atom is 0.272 e. The molecule has 0 aliphatic carbocycles. The number of anilines is 1. The van der Waals surface area contributed by atoms with Crippen LogP contribution in [0.25, 0.3) is 6.08 Å². The zero-order valence-electron chi connectivity index (χ0n) is 20.3. The van der Waals surface area contributed by atoms with Crippen molar-refractivity contribution in [2.75, 3.05) is 33.8 Å². The summed E-state index contributed by atoms with van der Waals surface area (Å²) in [6.45, 7) is 1.96. The van der Waals surface area contributed by atoms with Gasteiger partial charge in [-0.2, -0.15) is 0 Å². The van der Waals surface area contributed by atoms with Crippen molar-refractivity contribution >= 4 is 23.6 Å². The molecule has 0 spiro atoms. The Kier molecular flexibility index (Phi) is 8.34. The molecule has 35 heavy (non-hydrogen) atoms. The second kappa shape index (κ2) is 11.6. The lowest BCUT2D eigenvalue weighted by molar-refractivity contribution is -0.113. The summed E-state index contributed by atoms with van der Waals surface area (Å²) in [5.74, 6) is 0.670. The number of carbonyl (C=O) groups excluding carboxylic acids is 2. The number of amides is 2. The van der Waals surface area contributed by atoms with E-state index in [-0.39, 0.29) is 11.3 Å². The molecule has 2 N–H and O–H groups in total. The highest BCUT2D eigenvalue weighted by Gasteiger charge is 2.20. The van der Waals surface area contributed by atoms with Crippen molar-refractivity contribution in [3.05, 3.63) is 83.1 Å². The normalized spacial score (nSPS) is 10.8. The molecule has 0 aromatic heterocycles. The van der Waals surface area contributed by atoms with Crippen molar-refractivity contribution in [1.29, 1.82) is 0 Å². The highest BCUT2D eigenvalue weighted by Crippen LogP contribution is 2.38. The van der Waals surface area contributed by atoms with Gasteiger partial charge in [0.25, 0.3) is 11.8 Å². The van der Waals surface area contributed by atoms with E-state index in [2.05, 4.69) is 10.6 Å². The van der Waals surface area contributed by atoms with Gasteiger partial charge in [0.05, 0.1) is 28.4 Å². The van der Waals surface area contributed by atoms with E-state index >= 15 is 0 Å². The van der Waals surface area contributed by atoms with Crippen molar-refractivity contribution in [1.82, 2.24) is 5.32 Å². The molecule has 0 unspecified atom stereocenters. The van der Waals surface area contributed by atoms with Crippen LogP contribution in [0.2, 0.25) is 0 Å². The van der Waals surface area contributed by atoms with E-state index in [0.29, 0.717) is 34.2 Å². The van der Waals surface area contributed by atoms with E-state index in [0.717, 1.165) is 5.56 Å². The second-order valence-electron chi connectivity index (χ2n) is 7.52.